The molecule has 2 amide bonds. The summed E-state index contributed by atoms with van der Waals surface area (Å²) in [5, 5.41) is 4.46. The molecule has 3 rings (SSSR count). The van der Waals surface area contributed by atoms with Crippen molar-refractivity contribution in [2.24, 2.45) is 0 Å². The zero-order valence-electron chi connectivity index (χ0n) is 17.5. The van der Waals surface area contributed by atoms with Crippen molar-refractivity contribution in [3.8, 4) is 5.75 Å². The van der Waals surface area contributed by atoms with Crippen LogP contribution < -0.4 is 15.4 Å². The Morgan fingerprint density at radius 3 is 2.30 bits per heavy atom. The Labute approximate surface area is 187 Å². The van der Waals surface area contributed by atoms with Crippen LogP contribution in [0.2, 0.25) is 0 Å². The number of carbonyl (C=O) groups excluding carboxylic acids is 2. The number of anilines is 1. The highest BCUT2D eigenvalue weighted by Crippen LogP contribution is 2.21. The third-order valence-electron chi connectivity index (χ3n) is 4.61. The zero-order valence-corrected chi connectivity index (χ0v) is 17.5. The van der Waals surface area contributed by atoms with Gasteiger partial charge in [0.15, 0.2) is 0 Å². The molecular weight excluding hydrogens is 440 g/mol. The minimum absolute atomic E-state index is 0.0171. The fraction of sp³-hybridized carbons (Fsp3) is 0.167. The van der Waals surface area contributed by atoms with Crippen LogP contribution in [-0.2, 0) is 6.61 Å². The summed E-state index contributed by atoms with van der Waals surface area (Å²) in [4.78, 5) is 24.7. The van der Waals surface area contributed by atoms with Crippen LogP contribution in [0.15, 0.2) is 66.7 Å². The Bertz CT molecular complexity index is 1150. The van der Waals surface area contributed by atoms with Crippen molar-refractivity contribution in [3.05, 3.63) is 94.8 Å². The molecule has 0 aliphatic carbocycles. The third-order valence-corrected chi connectivity index (χ3v) is 4.61. The van der Waals surface area contributed by atoms with Crippen molar-refractivity contribution < 1.29 is 31.9 Å². The first-order valence-electron chi connectivity index (χ1n) is 9.85. The summed E-state index contributed by atoms with van der Waals surface area (Å²) in [6, 6.07) is 16.4. The molecule has 0 aromatic heterocycles. The second kappa shape index (κ2) is 10.2. The molecule has 3 aromatic rings. The van der Waals surface area contributed by atoms with Crippen LogP contribution in [0.4, 0.5) is 23.2 Å². The van der Waals surface area contributed by atoms with Crippen molar-refractivity contribution in [1.29, 1.82) is 0 Å². The molecule has 33 heavy (non-hydrogen) atoms. The van der Waals surface area contributed by atoms with E-state index in [2.05, 4.69) is 5.32 Å². The topological polar surface area (TPSA) is 67.4 Å². The number of amides is 2. The number of aryl methyl sites for hydroxylation is 1. The van der Waals surface area contributed by atoms with Gasteiger partial charge < -0.3 is 15.4 Å². The number of rotatable bonds is 7. The molecule has 0 aliphatic rings. The van der Waals surface area contributed by atoms with Crippen molar-refractivity contribution in [2.75, 3.05) is 11.9 Å². The second-order valence-corrected chi connectivity index (χ2v) is 7.22. The predicted molar refractivity (Wildman–Crippen MR) is 115 cm³/mol. The zero-order chi connectivity index (χ0) is 24.0. The lowest BCUT2D eigenvalue weighted by Gasteiger charge is -2.13. The predicted octanol–water partition coefficient (Wildman–Crippen LogP) is 5.26. The van der Waals surface area contributed by atoms with E-state index in [1.165, 1.54) is 36.4 Å². The van der Waals surface area contributed by atoms with Gasteiger partial charge in [0.1, 0.15) is 24.7 Å². The Kier molecular flexibility index (Phi) is 7.32. The van der Waals surface area contributed by atoms with Crippen LogP contribution in [-0.4, -0.2) is 24.5 Å². The standard InChI is InChI=1S/C24H20F4N2O3/c1-15-5-8-18(22(31)29-14-24(26,27)28)12-21(15)30-23(32)17-3-2-4-20(11-17)33-13-16-6-9-19(25)10-7-16/h2-12H,13-14H2,1H3,(H,29,31)(H,30,32). The largest absolute Gasteiger partial charge is 0.489 e. The molecule has 0 unspecified atom stereocenters. The summed E-state index contributed by atoms with van der Waals surface area (Å²) in [5.41, 5.74) is 1.92. The van der Waals surface area contributed by atoms with Crippen molar-refractivity contribution in [3.63, 3.8) is 0 Å². The fourth-order valence-corrected chi connectivity index (χ4v) is 2.85. The molecule has 0 atom stereocenters. The Hall–Kier alpha value is -3.88. The first-order chi connectivity index (χ1) is 15.6. The first kappa shape index (κ1) is 23.8. The van der Waals surface area contributed by atoms with Gasteiger partial charge in [0, 0.05) is 16.8 Å². The van der Waals surface area contributed by atoms with E-state index in [0.29, 0.717) is 11.3 Å². The SMILES string of the molecule is Cc1ccc(C(=O)NCC(F)(F)F)cc1NC(=O)c1cccc(OCc2ccc(F)cc2)c1. The van der Waals surface area contributed by atoms with E-state index in [1.54, 1.807) is 42.6 Å². The average molecular weight is 460 g/mol. The highest BCUT2D eigenvalue weighted by molar-refractivity contribution is 6.05. The number of hydrogen-bond acceptors (Lipinski definition) is 3. The van der Waals surface area contributed by atoms with E-state index in [4.69, 9.17) is 4.74 Å². The molecule has 0 saturated carbocycles. The smallest absolute Gasteiger partial charge is 0.405 e. The van der Waals surface area contributed by atoms with E-state index >= 15 is 0 Å². The van der Waals surface area contributed by atoms with Crippen LogP contribution in [0.1, 0.15) is 31.8 Å². The highest BCUT2D eigenvalue weighted by atomic mass is 19.4. The Morgan fingerprint density at radius 2 is 1.61 bits per heavy atom. The van der Waals surface area contributed by atoms with Gasteiger partial charge in [-0.2, -0.15) is 13.2 Å². The van der Waals surface area contributed by atoms with E-state index in [0.717, 1.165) is 5.56 Å². The van der Waals surface area contributed by atoms with Gasteiger partial charge in [-0.05, 0) is 60.5 Å². The average Bonchev–Trinajstić information content (AvgIpc) is 2.78. The van der Waals surface area contributed by atoms with Gasteiger partial charge in [-0.1, -0.05) is 24.3 Å². The lowest BCUT2D eigenvalue weighted by Crippen LogP contribution is -2.33. The normalized spacial score (nSPS) is 11.1. The molecule has 0 fully saturated rings. The van der Waals surface area contributed by atoms with E-state index in [9.17, 15) is 27.2 Å². The van der Waals surface area contributed by atoms with Crippen LogP contribution >= 0.6 is 0 Å². The molecule has 0 radical (unpaired) electrons. The van der Waals surface area contributed by atoms with Crippen molar-refractivity contribution in [2.45, 2.75) is 19.7 Å². The van der Waals surface area contributed by atoms with E-state index in [1.807, 2.05) is 0 Å². The van der Waals surface area contributed by atoms with Crippen molar-refractivity contribution >= 4 is 17.5 Å². The molecular formula is C24H20F4N2O3. The molecule has 0 heterocycles. The van der Waals surface area contributed by atoms with Gasteiger partial charge in [0.2, 0.25) is 0 Å². The van der Waals surface area contributed by atoms with Gasteiger partial charge in [-0.3, -0.25) is 9.59 Å². The molecule has 2 N–H and O–H groups in total. The van der Waals surface area contributed by atoms with Crippen LogP contribution in [0.3, 0.4) is 0 Å². The van der Waals surface area contributed by atoms with E-state index < -0.39 is 24.5 Å². The summed E-state index contributed by atoms with van der Waals surface area (Å²) in [6.07, 6.45) is -4.53. The molecule has 9 heteroatoms. The fourth-order valence-electron chi connectivity index (χ4n) is 2.85. The molecule has 0 saturated heterocycles. The quantitative estimate of drug-likeness (QED) is 0.473. The maximum atomic E-state index is 13.0. The number of alkyl halides is 3. The minimum atomic E-state index is -4.53. The maximum Gasteiger partial charge on any atom is 0.405 e. The lowest BCUT2D eigenvalue weighted by molar-refractivity contribution is -0.123. The summed E-state index contributed by atoms with van der Waals surface area (Å²) in [6.45, 7) is 0.418. The van der Waals surface area contributed by atoms with Gasteiger partial charge in [0.05, 0.1) is 0 Å². The molecule has 3 aromatic carbocycles. The van der Waals surface area contributed by atoms with Gasteiger partial charge in [0.25, 0.3) is 11.8 Å². The van der Waals surface area contributed by atoms with Crippen LogP contribution in [0, 0.1) is 12.7 Å². The van der Waals surface area contributed by atoms with Crippen molar-refractivity contribution in [1.82, 2.24) is 5.32 Å². The summed E-state index contributed by atoms with van der Waals surface area (Å²) in [7, 11) is 0. The molecule has 0 spiro atoms. The van der Waals surface area contributed by atoms with Gasteiger partial charge in [-0.15, -0.1) is 0 Å². The summed E-state index contributed by atoms with van der Waals surface area (Å²) < 4.78 is 55.7. The maximum absolute atomic E-state index is 13.0. The summed E-state index contributed by atoms with van der Waals surface area (Å²) in [5.74, 6) is -1.32. The number of ether oxygens (including phenoxy) is 1. The van der Waals surface area contributed by atoms with E-state index in [-0.39, 0.29) is 29.2 Å². The number of carbonyl (C=O) groups is 2. The molecule has 5 nitrogen and oxygen atoms in total. The monoisotopic (exact) mass is 460 g/mol. The highest BCUT2D eigenvalue weighted by Gasteiger charge is 2.28. The van der Waals surface area contributed by atoms with Crippen LogP contribution in [0.5, 0.6) is 5.75 Å². The first-order valence-corrected chi connectivity index (χ1v) is 9.85. The number of benzene rings is 3. The number of nitrogens with one attached hydrogen (secondary N) is 2. The van der Waals surface area contributed by atoms with Gasteiger partial charge >= 0.3 is 6.18 Å². The van der Waals surface area contributed by atoms with Crippen LogP contribution in [0.25, 0.3) is 0 Å². The summed E-state index contributed by atoms with van der Waals surface area (Å²) >= 11 is 0. The molecule has 172 valence electrons. The Morgan fingerprint density at radius 1 is 0.909 bits per heavy atom. The molecule has 0 aliphatic heterocycles. The third kappa shape index (κ3) is 7.06. The van der Waals surface area contributed by atoms with Gasteiger partial charge in [-0.25, -0.2) is 4.39 Å². The minimum Gasteiger partial charge on any atom is -0.489 e. The number of hydrogen-bond donors (Lipinski definition) is 2. The lowest BCUT2D eigenvalue weighted by atomic mass is 10.1. The second-order valence-electron chi connectivity index (χ2n) is 7.22. The molecule has 0 bridgehead atoms. The Balaban J connectivity index is 1.67. The number of halogens is 4.